The Hall–Kier alpha value is -0.630. The van der Waals surface area contributed by atoms with Crippen molar-refractivity contribution in [2.24, 2.45) is 5.73 Å². The summed E-state index contributed by atoms with van der Waals surface area (Å²) in [4.78, 5) is 4.96. The Morgan fingerprint density at radius 3 is 2.41 bits per heavy atom. The van der Waals surface area contributed by atoms with Crippen LogP contribution in [0.3, 0.4) is 0 Å². The molecule has 1 saturated heterocycles. The molecule has 0 aliphatic carbocycles. The monoisotopic (exact) mass is 238 g/mol. The van der Waals surface area contributed by atoms with Crippen molar-refractivity contribution in [2.75, 3.05) is 32.7 Å². The van der Waals surface area contributed by atoms with E-state index in [-0.39, 0.29) is 0 Å². The molecular formula is C13H26N4. The predicted molar refractivity (Wildman–Crippen MR) is 70.6 cm³/mol. The number of nitriles is 1. The number of nitrogens with two attached hydrogens (primary N) is 1. The zero-order valence-electron chi connectivity index (χ0n) is 11.4. The second-order valence-electron chi connectivity index (χ2n) is 5.41. The first-order valence-corrected chi connectivity index (χ1v) is 6.65. The van der Waals surface area contributed by atoms with Crippen molar-refractivity contribution in [1.82, 2.24) is 9.80 Å². The SMILES string of the molecule is CCC(C)N1CCN(CCC(C)(N)C#N)CC1. The summed E-state index contributed by atoms with van der Waals surface area (Å²) in [6.07, 6.45) is 1.97. The van der Waals surface area contributed by atoms with Gasteiger partial charge in [-0.2, -0.15) is 5.26 Å². The van der Waals surface area contributed by atoms with Gasteiger partial charge >= 0.3 is 0 Å². The van der Waals surface area contributed by atoms with Crippen LogP contribution < -0.4 is 5.73 Å². The lowest BCUT2D eigenvalue weighted by molar-refractivity contribution is 0.0975. The van der Waals surface area contributed by atoms with Gasteiger partial charge in [-0.3, -0.25) is 4.90 Å². The van der Waals surface area contributed by atoms with Crippen molar-refractivity contribution in [3.8, 4) is 6.07 Å². The van der Waals surface area contributed by atoms with Gasteiger partial charge in [-0.05, 0) is 26.7 Å². The second-order valence-corrected chi connectivity index (χ2v) is 5.41. The first-order chi connectivity index (χ1) is 7.98. The molecular weight excluding hydrogens is 212 g/mol. The minimum Gasteiger partial charge on any atom is -0.314 e. The first kappa shape index (κ1) is 14.4. The molecule has 0 amide bonds. The van der Waals surface area contributed by atoms with Crippen LogP contribution in [0, 0.1) is 11.3 Å². The fourth-order valence-electron chi connectivity index (χ4n) is 2.13. The van der Waals surface area contributed by atoms with E-state index in [2.05, 4.69) is 29.7 Å². The smallest absolute Gasteiger partial charge is 0.102 e. The molecule has 2 atom stereocenters. The van der Waals surface area contributed by atoms with Crippen LogP contribution in [0.25, 0.3) is 0 Å². The molecule has 0 aromatic heterocycles. The third kappa shape index (κ3) is 4.63. The van der Waals surface area contributed by atoms with Crippen LogP contribution in [0.2, 0.25) is 0 Å². The molecule has 0 saturated carbocycles. The molecule has 0 aromatic carbocycles. The van der Waals surface area contributed by atoms with E-state index in [1.54, 1.807) is 0 Å². The molecule has 17 heavy (non-hydrogen) atoms. The Morgan fingerprint density at radius 1 is 1.35 bits per heavy atom. The van der Waals surface area contributed by atoms with Crippen LogP contribution in [0.15, 0.2) is 0 Å². The van der Waals surface area contributed by atoms with Gasteiger partial charge in [0.15, 0.2) is 0 Å². The fraction of sp³-hybridized carbons (Fsp3) is 0.923. The fourth-order valence-corrected chi connectivity index (χ4v) is 2.13. The third-order valence-electron chi connectivity index (χ3n) is 3.82. The molecule has 0 radical (unpaired) electrons. The molecule has 1 fully saturated rings. The van der Waals surface area contributed by atoms with Crippen LogP contribution in [0.1, 0.15) is 33.6 Å². The normalized spacial score (nSPS) is 23.9. The summed E-state index contributed by atoms with van der Waals surface area (Å²) in [6.45, 7) is 11.8. The largest absolute Gasteiger partial charge is 0.314 e. The van der Waals surface area contributed by atoms with Crippen LogP contribution in [0.4, 0.5) is 0 Å². The molecule has 0 bridgehead atoms. The standard InChI is InChI=1S/C13H26N4/c1-4-12(2)17-9-7-16(8-10-17)6-5-13(3,15)11-14/h12H,4-10,15H2,1-3H3. The molecule has 1 heterocycles. The summed E-state index contributed by atoms with van der Waals surface area (Å²) in [5.41, 5.74) is 5.16. The van der Waals surface area contributed by atoms with Crippen molar-refractivity contribution >= 4 is 0 Å². The van der Waals surface area contributed by atoms with E-state index in [1.165, 1.54) is 6.42 Å². The van der Waals surface area contributed by atoms with Crippen molar-refractivity contribution in [3.63, 3.8) is 0 Å². The molecule has 4 nitrogen and oxygen atoms in total. The maximum absolute atomic E-state index is 8.87. The minimum absolute atomic E-state index is 0.673. The molecule has 2 N–H and O–H groups in total. The summed E-state index contributed by atoms with van der Waals surface area (Å²) in [7, 11) is 0. The lowest BCUT2D eigenvalue weighted by Crippen LogP contribution is -2.50. The summed E-state index contributed by atoms with van der Waals surface area (Å²) in [5.74, 6) is 0. The number of rotatable bonds is 5. The highest BCUT2D eigenvalue weighted by Crippen LogP contribution is 2.11. The Labute approximate surface area is 105 Å². The Kier molecular flexibility index (Phi) is 5.38. The van der Waals surface area contributed by atoms with E-state index in [0.29, 0.717) is 6.04 Å². The maximum Gasteiger partial charge on any atom is 0.102 e. The minimum atomic E-state index is -0.673. The van der Waals surface area contributed by atoms with E-state index in [0.717, 1.165) is 39.1 Å². The van der Waals surface area contributed by atoms with Gasteiger partial charge in [-0.25, -0.2) is 0 Å². The Balaban J connectivity index is 2.26. The number of hydrogen-bond donors (Lipinski definition) is 1. The van der Waals surface area contributed by atoms with Gasteiger partial charge in [-0.1, -0.05) is 6.92 Å². The van der Waals surface area contributed by atoms with Crippen molar-refractivity contribution in [3.05, 3.63) is 0 Å². The van der Waals surface area contributed by atoms with Crippen molar-refractivity contribution < 1.29 is 0 Å². The summed E-state index contributed by atoms with van der Waals surface area (Å²) < 4.78 is 0. The lowest BCUT2D eigenvalue weighted by atomic mass is 10.0. The quantitative estimate of drug-likeness (QED) is 0.777. The van der Waals surface area contributed by atoms with Gasteiger partial charge in [0.2, 0.25) is 0 Å². The average Bonchev–Trinajstić information content (AvgIpc) is 2.36. The van der Waals surface area contributed by atoms with Crippen LogP contribution in [0.5, 0.6) is 0 Å². The zero-order valence-corrected chi connectivity index (χ0v) is 11.4. The molecule has 1 rings (SSSR count). The molecule has 0 aromatic rings. The van der Waals surface area contributed by atoms with Gasteiger partial charge in [0.1, 0.15) is 5.54 Å². The summed E-state index contributed by atoms with van der Waals surface area (Å²) in [6, 6.07) is 2.85. The van der Waals surface area contributed by atoms with E-state index in [4.69, 9.17) is 11.0 Å². The van der Waals surface area contributed by atoms with E-state index in [9.17, 15) is 0 Å². The summed E-state index contributed by atoms with van der Waals surface area (Å²) in [5, 5.41) is 8.87. The van der Waals surface area contributed by atoms with Crippen LogP contribution >= 0.6 is 0 Å². The molecule has 1 aliphatic rings. The summed E-state index contributed by atoms with van der Waals surface area (Å²) >= 11 is 0. The number of hydrogen-bond acceptors (Lipinski definition) is 4. The topological polar surface area (TPSA) is 56.3 Å². The molecule has 98 valence electrons. The maximum atomic E-state index is 8.87. The van der Waals surface area contributed by atoms with Crippen LogP contribution in [-0.2, 0) is 0 Å². The number of piperazine rings is 1. The van der Waals surface area contributed by atoms with Gasteiger partial charge < -0.3 is 10.6 Å². The highest BCUT2D eigenvalue weighted by atomic mass is 15.3. The van der Waals surface area contributed by atoms with E-state index in [1.807, 2.05) is 6.92 Å². The zero-order chi connectivity index (χ0) is 12.9. The Bertz CT molecular complexity index is 261. The van der Waals surface area contributed by atoms with Crippen molar-refractivity contribution in [1.29, 1.82) is 5.26 Å². The third-order valence-corrected chi connectivity index (χ3v) is 3.82. The molecule has 4 heteroatoms. The van der Waals surface area contributed by atoms with Gasteiger partial charge in [0.05, 0.1) is 6.07 Å². The Morgan fingerprint density at radius 2 is 1.94 bits per heavy atom. The predicted octanol–water partition coefficient (Wildman–Crippen LogP) is 1.03. The second kappa shape index (κ2) is 6.34. The molecule has 1 aliphatic heterocycles. The van der Waals surface area contributed by atoms with Gasteiger partial charge in [-0.15, -0.1) is 0 Å². The highest BCUT2D eigenvalue weighted by molar-refractivity contribution is 5.01. The molecule has 0 spiro atoms. The van der Waals surface area contributed by atoms with E-state index >= 15 is 0 Å². The highest BCUT2D eigenvalue weighted by Gasteiger charge is 2.23. The van der Waals surface area contributed by atoms with Gasteiger partial charge in [0, 0.05) is 38.8 Å². The van der Waals surface area contributed by atoms with E-state index < -0.39 is 5.54 Å². The average molecular weight is 238 g/mol. The molecule has 2 unspecified atom stereocenters. The first-order valence-electron chi connectivity index (χ1n) is 6.65. The van der Waals surface area contributed by atoms with Crippen LogP contribution in [-0.4, -0.2) is 54.1 Å². The number of nitrogens with zero attached hydrogens (tertiary/aromatic N) is 3. The van der Waals surface area contributed by atoms with Crippen molar-refractivity contribution in [2.45, 2.75) is 45.2 Å². The van der Waals surface area contributed by atoms with Gasteiger partial charge in [0.25, 0.3) is 0 Å². The lowest BCUT2D eigenvalue weighted by Gasteiger charge is -2.38.